The van der Waals surface area contributed by atoms with Crippen molar-refractivity contribution in [1.29, 1.82) is 0 Å². The molecule has 0 aromatic carbocycles. The van der Waals surface area contributed by atoms with E-state index in [4.69, 9.17) is 10.5 Å². The van der Waals surface area contributed by atoms with Gasteiger partial charge in [-0.1, -0.05) is 6.92 Å². The summed E-state index contributed by atoms with van der Waals surface area (Å²) in [6.45, 7) is 11.2. The number of piperazine rings is 1. The fraction of sp³-hybridized carbons (Fsp3) is 0.929. The Morgan fingerprint density at radius 1 is 1.32 bits per heavy atom. The molecule has 5 heteroatoms. The second kappa shape index (κ2) is 5.77. The molecule has 2 aliphatic rings. The molecule has 0 radical (unpaired) electrons. The molecule has 2 saturated heterocycles. The first-order valence-corrected chi connectivity index (χ1v) is 7.31. The van der Waals surface area contributed by atoms with Crippen molar-refractivity contribution in [2.75, 3.05) is 39.3 Å². The van der Waals surface area contributed by atoms with Crippen LogP contribution in [-0.4, -0.2) is 66.7 Å². The van der Waals surface area contributed by atoms with Gasteiger partial charge >= 0.3 is 0 Å². The van der Waals surface area contributed by atoms with Crippen LogP contribution in [0.4, 0.5) is 0 Å². The lowest BCUT2D eigenvalue weighted by molar-refractivity contribution is -0.145. The molecule has 0 spiro atoms. The fourth-order valence-electron chi connectivity index (χ4n) is 2.85. The van der Waals surface area contributed by atoms with Crippen LogP contribution in [0.15, 0.2) is 0 Å². The van der Waals surface area contributed by atoms with E-state index in [0.717, 1.165) is 39.2 Å². The number of nitrogens with two attached hydrogens (primary N) is 1. The second-order valence-corrected chi connectivity index (χ2v) is 6.39. The van der Waals surface area contributed by atoms with Gasteiger partial charge in [0.25, 0.3) is 5.91 Å². The SMILES string of the molecule is CC1CCOC1C(=O)N1CCN(C(C)(C)CN)CC1. The molecule has 0 aromatic heterocycles. The predicted octanol–water partition coefficient (Wildman–Crippen LogP) is 0.293. The Morgan fingerprint density at radius 2 is 1.95 bits per heavy atom. The van der Waals surface area contributed by atoms with Crippen LogP contribution in [0.25, 0.3) is 0 Å². The van der Waals surface area contributed by atoms with E-state index in [1.165, 1.54) is 0 Å². The molecule has 0 bridgehead atoms. The second-order valence-electron chi connectivity index (χ2n) is 6.39. The highest BCUT2D eigenvalue weighted by Crippen LogP contribution is 2.23. The monoisotopic (exact) mass is 269 g/mol. The van der Waals surface area contributed by atoms with E-state index in [2.05, 4.69) is 25.7 Å². The lowest BCUT2D eigenvalue weighted by Gasteiger charge is -2.44. The summed E-state index contributed by atoms with van der Waals surface area (Å²) < 4.78 is 5.57. The number of amides is 1. The largest absolute Gasteiger partial charge is 0.368 e. The maximum atomic E-state index is 12.4. The standard InChI is InChI=1S/C14H27N3O2/c1-11-4-9-19-12(11)13(18)16-5-7-17(8-6-16)14(2,3)10-15/h11-12H,4-10,15H2,1-3H3. The van der Waals surface area contributed by atoms with Crippen LogP contribution in [0.1, 0.15) is 27.2 Å². The topological polar surface area (TPSA) is 58.8 Å². The molecule has 5 nitrogen and oxygen atoms in total. The van der Waals surface area contributed by atoms with Crippen molar-refractivity contribution >= 4 is 5.91 Å². The number of hydrogen-bond acceptors (Lipinski definition) is 4. The van der Waals surface area contributed by atoms with Crippen LogP contribution in [0, 0.1) is 5.92 Å². The Balaban J connectivity index is 1.88. The summed E-state index contributed by atoms with van der Waals surface area (Å²) in [5, 5.41) is 0. The third-order valence-electron chi connectivity index (χ3n) is 4.58. The number of rotatable bonds is 3. The van der Waals surface area contributed by atoms with Crippen molar-refractivity contribution in [2.24, 2.45) is 11.7 Å². The van der Waals surface area contributed by atoms with E-state index < -0.39 is 0 Å². The smallest absolute Gasteiger partial charge is 0.252 e. The summed E-state index contributed by atoms with van der Waals surface area (Å²) >= 11 is 0. The summed E-state index contributed by atoms with van der Waals surface area (Å²) in [7, 11) is 0. The van der Waals surface area contributed by atoms with Crippen molar-refractivity contribution in [3.8, 4) is 0 Å². The number of nitrogens with zero attached hydrogens (tertiary/aromatic N) is 2. The Bertz CT molecular complexity index is 325. The molecule has 110 valence electrons. The van der Waals surface area contributed by atoms with Crippen LogP contribution < -0.4 is 5.73 Å². The van der Waals surface area contributed by atoms with Crippen LogP contribution in [0.2, 0.25) is 0 Å². The molecular formula is C14H27N3O2. The van der Waals surface area contributed by atoms with Gasteiger partial charge < -0.3 is 15.4 Å². The first-order valence-electron chi connectivity index (χ1n) is 7.31. The molecule has 0 aliphatic carbocycles. The van der Waals surface area contributed by atoms with E-state index >= 15 is 0 Å². The molecule has 2 atom stereocenters. The average Bonchev–Trinajstić information content (AvgIpc) is 2.84. The van der Waals surface area contributed by atoms with Gasteiger partial charge in [-0.15, -0.1) is 0 Å². The Hall–Kier alpha value is -0.650. The summed E-state index contributed by atoms with van der Waals surface area (Å²) in [6.07, 6.45) is 0.783. The molecule has 2 N–H and O–H groups in total. The van der Waals surface area contributed by atoms with Crippen LogP contribution in [-0.2, 0) is 9.53 Å². The van der Waals surface area contributed by atoms with Crippen LogP contribution >= 0.6 is 0 Å². The zero-order chi connectivity index (χ0) is 14.0. The van der Waals surface area contributed by atoms with Gasteiger partial charge in [0, 0.05) is 44.9 Å². The molecule has 0 saturated carbocycles. The molecule has 19 heavy (non-hydrogen) atoms. The quantitative estimate of drug-likeness (QED) is 0.800. The first kappa shape index (κ1) is 14.8. The minimum atomic E-state index is -0.214. The van der Waals surface area contributed by atoms with Crippen molar-refractivity contribution in [3.05, 3.63) is 0 Å². The van der Waals surface area contributed by atoms with Crippen molar-refractivity contribution < 1.29 is 9.53 Å². The van der Waals surface area contributed by atoms with E-state index in [1.807, 2.05) is 4.90 Å². The third kappa shape index (κ3) is 3.09. The Labute approximate surface area is 116 Å². The van der Waals surface area contributed by atoms with Gasteiger partial charge in [0.2, 0.25) is 0 Å². The van der Waals surface area contributed by atoms with Gasteiger partial charge in [0.05, 0.1) is 0 Å². The van der Waals surface area contributed by atoms with Gasteiger partial charge in [-0.2, -0.15) is 0 Å². The molecule has 2 rings (SSSR count). The van der Waals surface area contributed by atoms with Gasteiger partial charge in [0.15, 0.2) is 0 Å². The van der Waals surface area contributed by atoms with Gasteiger partial charge in [-0.3, -0.25) is 9.69 Å². The van der Waals surface area contributed by atoms with Crippen LogP contribution in [0.5, 0.6) is 0 Å². The molecule has 2 fully saturated rings. The number of carbonyl (C=O) groups is 1. The number of carbonyl (C=O) groups excluding carboxylic acids is 1. The van der Waals surface area contributed by atoms with Crippen molar-refractivity contribution in [1.82, 2.24) is 9.80 Å². The third-order valence-corrected chi connectivity index (χ3v) is 4.58. The van der Waals surface area contributed by atoms with Gasteiger partial charge in [0.1, 0.15) is 6.10 Å². The molecule has 1 amide bonds. The predicted molar refractivity (Wildman–Crippen MR) is 74.8 cm³/mol. The minimum Gasteiger partial charge on any atom is -0.368 e. The lowest BCUT2D eigenvalue weighted by Crippen LogP contribution is -2.59. The van der Waals surface area contributed by atoms with Gasteiger partial charge in [-0.05, 0) is 26.2 Å². The van der Waals surface area contributed by atoms with E-state index in [9.17, 15) is 4.79 Å². The normalized spacial score (nSPS) is 29.8. The van der Waals surface area contributed by atoms with E-state index in [-0.39, 0.29) is 17.6 Å². The summed E-state index contributed by atoms with van der Waals surface area (Å²) in [5.41, 5.74) is 5.83. The minimum absolute atomic E-state index is 0.0201. The molecule has 0 aromatic rings. The number of hydrogen-bond donors (Lipinski definition) is 1. The Morgan fingerprint density at radius 3 is 2.42 bits per heavy atom. The summed E-state index contributed by atoms with van der Waals surface area (Å²) in [6, 6.07) is 0. The fourth-order valence-corrected chi connectivity index (χ4v) is 2.85. The average molecular weight is 269 g/mol. The highest BCUT2D eigenvalue weighted by molar-refractivity contribution is 5.81. The highest BCUT2D eigenvalue weighted by Gasteiger charge is 2.36. The zero-order valence-electron chi connectivity index (χ0n) is 12.4. The summed E-state index contributed by atoms with van der Waals surface area (Å²) in [5.74, 6) is 0.529. The van der Waals surface area contributed by atoms with Gasteiger partial charge in [-0.25, -0.2) is 0 Å². The summed E-state index contributed by atoms with van der Waals surface area (Å²) in [4.78, 5) is 16.7. The Kier molecular flexibility index (Phi) is 4.48. The molecule has 2 aliphatic heterocycles. The zero-order valence-corrected chi connectivity index (χ0v) is 12.4. The first-order chi connectivity index (χ1) is 8.95. The van der Waals surface area contributed by atoms with E-state index in [1.54, 1.807) is 0 Å². The van der Waals surface area contributed by atoms with Crippen molar-refractivity contribution in [2.45, 2.75) is 38.8 Å². The molecule has 2 heterocycles. The highest BCUT2D eigenvalue weighted by atomic mass is 16.5. The molecule has 2 unspecified atom stereocenters. The number of ether oxygens (including phenoxy) is 1. The molecular weight excluding hydrogens is 242 g/mol. The maximum absolute atomic E-state index is 12.4. The lowest BCUT2D eigenvalue weighted by atomic mass is 10.0. The van der Waals surface area contributed by atoms with E-state index in [0.29, 0.717) is 12.5 Å². The van der Waals surface area contributed by atoms with Crippen molar-refractivity contribution in [3.63, 3.8) is 0 Å². The maximum Gasteiger partial charge on any atom is 0.252 e. The van der Waals surface area contributed by atoms with Crippen LogP contribution in [0.3, 0.4) is 0 Å².